The van der Waals surface area contributed by atoms with Gasteiger partial charge < -0.3 is 0 Å². The van der Waals surface area contributed by atoms with E-state index in [1.165, 1.54) is 6.08 Å². The van der Waals surface area contributed by atoms with Crippen LogP contribution in [-0.4, -0.2) is 28.3 Å². The third-order valence-electron chi connectivity index (χ3n) is 1.00. The van der Waals surface area contributed by atoms with Crippen molar-refractivity contribution < 1.29 is 15.2 Å². The molecule has 54 valence electrons. The van der Waals surface area contributed by atoms with Gasteiger partial charge in [-0.05, 0) is 17.3 Å². The lowest BCUT2D eigenvalue weighted by molar-refractivity contribution is -1.24. The van der Waals surface area contributed by atoms with Crippen molar-refractivity contribution in [1.29, 1.82) is 0 Å². The van der Waals surface area contributed by atoms with Crippen molar-refractivity contribution in [2.75, 3.05) is 13.1 Å². The Balaban J connectivity index is 3.55. The highest BCUT2D eigenvalue weighted by molar-refractivity contribution is 4.62. The van der Waals surface area contributed by atoms with E-state index in [0.717, 1.165) is 6.42 Å². The molecule has 0 radical (unpaired) electrons. The first-order valence-electron chi connectivity index (χ1n) is 3.06. The Hall–Kier alpha value is -0.380. The van der Waals surface area contributed by atoms with Crippen LogP contribution < -0.4 is 0 Å². The normalized spacial score (nSPS) is 11.4. The molecule has 0 saturated heterocycles. The third kappa shape index (κ3) is 4.14. The number of hydrogen-bond donors (Lipinski definition) is 2. The van der Waals surface area contributed by atoms with Crippen LogP contribution in [-0.2, 0) is 0 Å². The van der Waals surface area contributed by atoms with Crippen molar-refractivity contribution in [2.24, 2.45) is 0 Å². The van der Waals surface area contributed by atoms with Crippen LogP contribution in [0.15, 0.2) is 12.7 Å². The fourth-order valence-corrected chi connectivity index (χ4v) is 0.656. The predicted molar refractivity (Wildman–Crippen MR) is 34.1 cm³/mol. The molecule has 0 aromatic carbocycles. The highest BCUT2D eigenvalue weighted by Crippen LogP contribution is 1.96. The topological polar surface area (TPSA) is 40.5 Å². The molecule has 0 aliphatic rings. The van der Waals surface area contributed by atoms with Crippen LogP contribution in [0.2, 0.25) is 0 Å². The molecule has 3 heteroatoms. The largest absolute Gasteiger partial charge is 0.182 e. The third-order valence-corrected chi connectivity index (χ3v) is 1.00. The fraction of sp³-hybridized carbons (Fsp3) is 0.667. The van der Waals surface area contributed by atoms with E-state index in [1.54, 1.807) is 0 Å². The molecular formula is C6H14NO2+. The van der Waals surface area contributed by atoms with Gasteiger partial charge in [0.1, 0.15) is 6.54 Å². The molecule has 0 aromatic heterocycles. The summed E-state index contributed by atoms with van der Waals surface area (Å²) in [6, 6.07) is 0. The summed E-state index contributed by atoms with van der Waals surface area (Å²) in [6.45, 7) is 5.83. The van der Waals surface area contributed by atoms with Gasteiger partial charge in [-0.15, -0.1) is 0 Å². The van der Waals surface area contributed by atoms with Crippen molar-refractivity contribution in [3.05, 3.63) is 12.7 Å². The number of hydrogen-bond acceptors (Lipinski definition) is 2. The van der Waals surface area contributed by atoms with Crippen LogP contribution in [0.5, 0.6) is 0 Å². The summed E-state index contributed by atoms with van der Waals surface area (Å²) in [4.78, 5) is -0.931. The highest BCUT2D eigenvalue weighted by Gasteiger charge is 2.17. The minimum absolute atomic E-state index is 0.188. The van der Waals surface area contributed by atoms with E-state index in [2.05, 4.69) is 6.58 Å². The molecule has 0 unspecified atom stereocenters. The quantitative estimate of drug-likeness (QED) is 0.342. The van der Waals surface area contributed by atoms with E-state index in [-0.39, 0.29) is 6.54 Å². The first-order valence-corrected chi connectivity index (χ1v) is 3.06. The van der Waals surface area contributed by atoms with Crippen molar-refractivity contribution in [1.82, 2.24) is 0 Å². The van der Waals surface area contributed by atoms with Gasteiger partial charge in [-0.2, -0.15) is 10.4 Å². The molecule has 9 heavy (non-hydrogen) atoms. The second kappa shape index (κ2) is 3.61. The standard InChI is InChI=1S/C6H14NO2/c1-3-5-7(8,9)6-4-2/h3,8-9H,1,4-6H2,2H3/q+1. The zero-order valence-corrected chi connectivity index (χ0v) is 5.75. The maximum atomic E-state index is 8.94. The Kier molecular flexibility index (Phi) is 3.46. The second-order valence-corrected chi connectivity index (χ2v) is 2.07. The van der Waals surface area contributed by atoms with Gasteiger partial charge in [-0.25, -0.2) is 0 Å². The minimum atomic E-state index is -0.931. The lowest BCUT2D eigenvalue weighted by Gasteiger charge is -2.18. The summed E-state index contributed by atoms with van der Waals surface area (Å²) >= 11 is 0. The second-order valence-electron chi connectivity index (χ2n) is 2.07. The Morgan fingerprint density at radius 3 is 2.44 bits per heavy atom. The first-order chi connectivity index (χ1) is 4.12. The van der Waals surface area contributed by atoms with E-state index in [9.17, 15) is 0 Å². The molecule has 0 aromatic rings. The van der Waals surface area contributed by atoms with E-state index in [0.29, 0.717) is 6.54 Å². The molecule has 0 aliphatic heterocycles. The Morgan fingerprint density at radius 1 is 1.56 bits per heavy atom. The highest BCUT2D eigenvalue weighted by atomic mass is 16.8. The molecule has 2 N–H and O–H groups in total. The van der Waals surface area contributed by atoms with Crippen molar-refractivity contribution in [3.8, 4) is 0 Å². The van der Waals surface area contributed by atoms with Crippen molar-refractivity contribution >= 4 is 0 Å². The average molecular weight is 132 g/mol. The summed E-state index contributed by atoms with van der Waals surface area (Å²) in [7, 11) is 0. The van der Waals surface area contributed by atoms with Gasteiger partial charge in [-0.3, -0.25) is 0 Å². The molecule has 0 saturated carbocycles. The smallest absolute Gasteiger partial charge is 0.160 e. The summed E-state index contributed by atoms with van der Waals surface area (Å²) in [6.07, 6.45) is 2.23. The van der Waals surface area contributed by atoms with Crippen LogP contribution in [0, 0.1) is 0 Å². The van der Waals surface area contributed by atoms with Crippen LogP contribution >= 0.6 is 0 Å². The van der Waals surface area contributed by atoms with Crippen LogP contribution in [0.25, 0.3) is 0 Å². The van der Waals surface area contributed by atoms with Gasteiger partial charge in [-0.1, -0.05) is 13.5 Å². The summed E-state index contributed by atoms with van der Waals surface area (Å²) in [5, 5.41) is 17.9. The van der Waals surface area contributed by atoms with Gasteiger partial charge in [0, 0.05) is 0 Å². The Morgan fingerprint density at radius 2 is 2.11 bits per heavy atom. The fourth-order valence-electron chi connectivity index (χ4n) is 0.656. The molecule has 0 fully saturated rings. The number of rotatable bonds is 4. The molecule has 0 spiro atoms. The molecule has 3 nitrogen and oxygen atoms in total. The average Bonchev–Trinajstić information content (AvgIpc) is 1.64. The SMILES string of the molecule is C=CC[N+](O)(O)CCC. The molecule has 0 bridgehead atoms. The van der Waals surface area contributed by atoms with E-state index in [4.69, 9.17) is 10.4 Å². The maximum Gasteiger partial charge on any atom is 0.160 e. The summed E-state index contributed by atoms with van der Waals surface area (Å²) in [5.74, 6) is 0. The van der Waals surface area contributed by atoms with E-state index >= 15 is 0 Å². The molecule has 0 aliphatic carbocycles. The Labute approximate surface area is 55.3 Å². The van der Waals surface area contributed by atoms with Crippen LogP contribution in [0.1, 0.15) is 13.3 Å². The summed E-state index contributed by atoms with van der Waals surface area (Å²) < 4.78 is 0. The van der Waals surface area contributed by atoms with Gasteiger partial charge >= 0.3 is 0 Å². The molecular weight excluding hydrogens is 118 g/mol. The van der Waals surface area contributed by atoms with Gasteiger partial charge in [0.05, 0.1) is 0 Å². The molecule has 0 heterocycles. The number of quaternary nitrogens is 1. The van der Waals surface area contributed by atoms with E-state index in [1.807, 2.05) is 6.92 Å². The molecule has 0 amide bonds. The number of hydroxylamine groups is 4. The zero-order chi connectivity index (χ0) is 7.33. The molecule has 0 rings (SSSR count). The lowest BCUT2D eigenvalue weighted by Crippen LogP contribution is -2.41. The van der Waals surface area contributed by atoms with Crippen molar-refractivity contribution in [3.63, 3.8) is 0 Å². The molecule has 0 atom stereocenters. The van der Waals surface area contributed by atoms with E-state index < -0.39 is 4.81 Å². The van der Waals surface area contributed by atoms with Gasteiger partial charge in [0.15, 0.2) is 6.54 Å². The van der Waals surface area contributed by atoms with Gasteiger partial charge in [0.25, 0.3) is 0 Å². The summed E-state index contributed by atoms with van der Waals surface area (Å²) in [5.41, 5.74) is 0. The lowest BCUT2D eigenvalue weighted by atomic mass is 10.4. The number of nitrogens with zero attached hydrogens (tertiary/aromatic N) is 1. The van der Waals surface area contributed by atoms with Crippen LogP contribution in [0.4, 0.5) is 0 Å². The van der Waals surface area contributed by atoms with Crippen LogP contribution in [0.3, 0.4) is 0 Å². The first kappa shape index (κ1) is 8.62. The zero-order valence-electron chi connectivity index (χ0n) is 5.75. The predicted octanol–water partition coefficient (Wildman–Crippen LogP) is 1.18. The minimum Gasteiger partial charge on any atom is -0.182 e. The van der Waals surface area contributed by atoms with Crippen molar-refractivity contribution in [2.45, 2.75) is 13.3 Å². The monoisotopic (exact) mass is 132 g/mol. The maximum absolute atomic E-state index is 8.94. The van der Waals surface area contributed by atoms with Gasteiger partial charge in [0.2, 0.25) is 0 Å². The Bertz CT molecular complexity index is 91.1.